The molecular weight excluding hydrogens is 267 g/mol. The molecule has 3 N–H and O–H groups in total. The number of benzene rings is 1. The van der Waals surface area contributed by atoms with Crippen LogP contribution in [0.4, 0.5) is 10.1 Å². The molecule has 0 aromatic heterocycles. The summed E-state index contributed by atoms with van der Waals surface area (Å²) < 4.78 is 35.9. The Balaban J connectivity index is 2.01. The molecule has 1 aromatic rings. The van der Waals surface area contributed by atoms with Crippen molar-refractivity contribution in [2.24, 2.45) is 11.1 Å². The molecule has 1 aliphatic carbocycles. The van der Waals surface area contributed by atoms with E-state index in [0.29, 0.717) is 11.6 Å². The van der Waals surface area contributed by atoms with E-state index >= 15 is 0 Å². The highest BCUT2D eigenvalue weighted by Crippen LogP contribution is 2.25. The number of hydrogen-bond donors (Lipinski definition) is 2. The van der Waals surface area contributed by atoms with E-state index < -0.39 is 15.8 Å². The number of anilines is 1. The lowest BCUT2D eigenvalue weighted by molar-refractivity contribution is 0.373. The van der Waals surface area contributed by atoms with E-state index in [4.69, 9.17) is 5.14 Å². The molecule has 0 amide bonds. The zero-order valence-corrected chi connectivity index (χ0v) is 11.5. The quantitative estimate of drug-likeness (QED) is 0.893. The zero-order chi connectivity index (χ0) is 13.9. The first kappa shape index (κ1) is 14.3. The third kappa shape index (κ3) is 3.91. The van der Waals surface area contributed by atoms with Crippen LogP contribution in [0.15, 0.2) is 23.1 Å². The molecule has 0 radical (unpaired) electrons. The Kier molecular flexibility index (Phi) is 4.42. The topological polar surface area (TPSA) is 72.2 Å². The van der Waals surface area contributed by atoms with Gasteiger partial charge in [-0.2, -0.15) is 0 Å². The Morgan fingerprint density at radius 1 is 1.26 bits per heavy atom. The van der Waals surface area contributed by atoms with E-state index in [1.165, 1.54) is 44.2 Å². The lowest BCUT2D eigenvalue weighted by atomic mass is 9.89. The van der Waals surface area contributed by atoms with Crippen LogP contribution in [-0.4, -0.2) is 15.0 Å². The van der Waals surface area contributed by atoms with Gasteiger partial charge in [-0.05, 0) is 37.0 Å². The minimum absolute atomic E-state index is 0.201. The summed E-state index contributed by atoms with van der Waals surface area (Å²) >= 11 is 0. The van der Waals surface area contributed by atoms with Gasteiger partial charge in [0.1, 0.15) is 5.82 Å². The lowest BCUT2D eigenvalue weighted by Crippen LogP contribution is -2.18. The highest BCUT2D eigenvalue weighted by molar-refractivity contribution is 7.89. The second-order valence-corrected chi connectivity index (χ2v) is 6.63. The molecule has 1 fully saturated rings. The number of nitrogens with two attached hydrogens (primary N) is 1. The zero-order valence-electron chi connectivity index (χ0n) is 10.7. The highest BCUT2D eigenvalue weighted by Gasteiger charge is 2.15. The molecule has 0 aliphatic heterocycles. The van der Waals surface area contributed by atoms with Gasteiger partial charge in [0.25, 0.3) is 0 Å². The van der Waals surface area contributed by atoms with Crippen LogP contribution in [-0.2, 0) is 10.0 Å². The van der Waals surface area contributed by atoms with Gasteiger partial charge in [-0.3, -0.25) is 0 Å². The predicted molar refractivity (Wildman–Crippen MR) is 72.8 cm³/mol. The van der Waals surface area contributed by atoms with Crippen LogP contribution >= 0.6 is 0 Å². The number of nitrogens with one attached hydrogen (secondary N) is 1. The summed E-state index contributed by atoms with van der Waals surface area (Å²) in [6.07, 6.45) is 6.10. The van der Waals surface area contributed by atoms with Crippen LogP contribution in [0.1, 0.15) is 32.1 Å². The first-order valence-corrected chi connectivity index (χ1v) is 8.07. The molecule has 1 saturated carbocycles. The summed E-state index contributed by atoms with van der Waals surface area (Å²) in [4.78, 5) is -0.201. The molecule has 0 heterocycles. The predicted octanol–water partition coefficient (Wildman–Crippen LogP) is 2.47. The minimum Gasteiger partial charge on any atom is -0.382 e. The van der Waals surface area contributed by atoms with E-state index in [0.717, 1.165) is 12.6 Å². The van der Waals surface area contributed by atoms with Crippen LogP contribution in [0.5, 0.6) is 0 Å². The number of rotatable bonds is 4. The Bertz CT molecular complexity index is 540. The highest BCUT2D eigenvalue weighted by atomic mass is 32.2. The molecule has 1 aliphatic rings. The van der Waals surface area contributed by atoms with Gasteiger partial charge in [0, 0.05) is 6.54 Å². The fourth-order valence-corrected chi connectivity index (χ4v) is 2.99. The number of primary sulfonamides is 1. The van der Waals surface area contributed by atoms with E-state index in [1.807, 2.05) is 0 Å². The average molecular weight is 286 g/mol. The van der Waals surface area contributed by atoms with Gasteiger partial charge in [0.15, 0.2) is 0 Å². The standard InChI is InChI=1S/C13H19FN2O2S/c14-12-8-11(19(15,17)18)6-7-13(12)16-9-10-4-2-1-3-5-10/h6-8,10,16H,1-5,9H2,(H2,15,17,18). The number of hydrogen-bond acceptors (Lipinski definition) is 3. The van der Waals surface area contributed by atoms with Crippen molar-refractivity contribution in [3.63, 3.8) is 0 Å². The molecular formula is C13H19FN2O2S. The molecule has 6 heteroatoms. The van der Waals surface area contributed by atoms with Crippen LogP contribution < -0.4 is 10.5 Å². The van der Waals surface area contributed by atoms with Gasteiger partial charge >= 0.3 is 0 Å². The number of halogens is 1. The second-order valence-electron chi connectivity index (χ2n) is 5.07. The maximum absolute atomic E-state index is 13.8. The van der Waals surface area contributed by atoms with E-state index in [1.54, 1.807) is 0 Å². The fourth-order valence-electron chi connectivity index (χ4n) is 2.46. The Morgan fingerprint density at radius 3 is 2.53 bits per heavy atom. The van der Waals surface area contributed by atoms with Crippen LogP contribution in [0.2, 0.25) is 0 Å². The SMILES string of the molecule is NS(=O)(=O)c1ccc(NCC2CCCCC2)c(F)c1. The van der Waals surface area contributed by atoms with Gasteiger partial charge in [0.05, 0.1) is 10.6 Å². The maximum atomic E-state index is 13.8. The first-order chi connectivity index (χ1) is 8.97. The summed E-state index contributed by atoms with van der Waals surface area (Å²) in [5.74, 6) is -0.00611. The van der Waals surface area contributed by atoms with Crippen molar-refractivity contribution in [2.75, 3.05) is 11.9 Å². The smallest absolute Gasteiger partial charge is 0.238 e. The van der Waals surface area contributed by atoms with Gasteiger partial charge in [-0.1, -0.05) is 19.3 Å². The molecule has 0 unspecified atom stereocenters. The van der Waals surface area contributed by atoms with E-state index in [2.05, 4.69) is 5.32 Å². The molecule has 0 atom stereocenters. The molecule has 2 rings (SSSR count). The number of sulfonamides is 1. The van der Waals surface area contributed by atoms with Crippen molar-refractivity contribution in [1.29, 1.82) is 0 Å². The third-order valence-electron chi connectivity index (χ3n) is 3.58. The van der Waals surface area contributed by atoms with Crippen LogP contribution in [0.25, 0.3) is 0 Å². The fraction of sp³-hybridized carbons (Fsp3) is 0.538. The molecule has 19 heavy (non-hydrogen) atoms. The van der Waals surface area contributed by atoms with E-state index in [-0.39, 0.29) is 4.90 Å². The van der Waals surface area contributed by atoms with Gasteiger partial charge < -0.3 is 5.32 Å². The molecule has 1 aromatic carbocycles. The molecule has 4 nitrogen and oxygen atoms in total. The van der Waals surface area contributed by atoms with Crippen molar-refractivity contribution in [1.82, 2.24) is 0 Å². The first-order valence-electron chi connectivity index (χ1n) is 6.53. The third-order valence-corrected chi connectivity index (χ3v) is 4.49. The van der Waals surface area contributed by atoms with Crippen LogP contribution in [0.3, 0.4) is 0 Å². The van der Waals surface area contributed by atoms with Crippen molar-refractivity contribution in [2.45, 2.75) is 37.0 Å². The Labute approximate surface area is 113 Å². The lowest BCUT2D eigenvalue weighted by Gasteiger charge is -2.22. The monoisotopic (exact) mass is 286 g/mol. The molecule has 0 bridgehead atoms. The maximum Gasteiger partial charge on any atom is 0.238 e. The summed E-state index contributed by atoms with van der Waals surface area (Å²) in [5.41, 5.74) is 0.331. The molecule has 0 spiro atoms. The van der Waals surface area contributed by atoms with Crippen molar-refractivity contribution < 1.29 is 12.8 Å². The second kappa shape index (κ2) is 5.88. The van der Waals surface area contributed by atoms with Gasteiger partial charge in [0.2, 0.25) is 10.0 Å². The average Bonchev–Trinajstić information content (AvgIpc) is 2.37. The molecule has 106 valence electrons. The van der Waals surface area contributed by atoms with Gasteiger partial charge in [-0.25, -0.2) is 17.9 Å². The Hall–Kier alpha value is -1.14. The van der Waals surface area contributed by atoms with E-state index in [9.17, 15) is 12.8 Å². The van der Waals surface area contributed by atoms with Crippen LogP contribution in [0, 0.1) is 11.7 Å². The largest absolute Gasteiger partial charge is 0.382 e. The van der Waals surface area contributed by atoms with Crippen molar-refractivity contribution >= 4 is 15.7 Å². The minimum atomic E-state index is -3.85. The summed E-state index contributed by atoms with van der Waals surface area (Å²) in [6.45, 7) is 0.728. The van der Waals surface area contributed by atoms with Gasteiger partial charge in [-0.15, -0.1) is 0 Å². The summed E-state index contributed by atoms with van der Waals surface area (Å²) in [5, 5.41) is 8.00. The van der Waals surface area contributed by atoms with Crippen molar-refractivity contribution in [3.8, 4) is 0 Å². The molecule has 0 saturated heterocycles. The Morgan fingerprint density at radius 2 is 1.95 bits per heavy atom. The van der Waals surface area contributed by atoms with Crippen molar-refractivity contribution in [3.05, 3.63) is 24.0 Å². The summed E-state index contributed by atoms with van der Waals surface area (Å²) in [6, 6.07) is 3.71. The normalized spacial score (nSPS) is 17.4. The summed E-state index contributed by atoms with van der Waals surface area (Å²) in [7, 11) is -3.85.